The number of hydrogen-bond donors (Lipinski definition) is 1. The van der Waals surface area contributed by atoms with Crippen LogP contribution in [0.5, 0.6) is 5.75 Å². The van der Waals surface area contributed by atoms with Gasteiger partial charge in [-0.3, -0.25) is 14.4 Å². The van der Waals surface area contributed by atoms with Crippen LogP contribution in [0.2, 0.25) is 0 Å². The van der Waals surface area contributed by atoms with E-state index in [1.165, 1.54) is 13.0 Å². The zero-order valence-corrected chi connectivity index (χ0v) is 23.5. The number of carbonyl (C=O) groups excluding carboxylic acids is 2. The molecule has 1 N–H and O–H groups in total. The zero-order valence-electron chi connectivity index (χ0n) is 23.5. The number of ether oxygens (including phenoxy) is 2. The topological polar surface area (TPSA) is 137 Å². The molecule has 0 saturated heterocycles. The van der Waals surface area contributed by atoms with Gasteiger partial charge in [-0.05, 0) is 43.7 Å². The number of aliphatic carboxylic acids is 1. The van der Waals surface area contributed by atoms with E-state index in [2.05, 4.69) is 9.97 Å². The maximum atomic E-state index is 13.4. The van der Waals surface area contributed by atoms with E-state index in [4.69, 9.17) is 19.6 Å². The van der Waals surface area contributed by atoms with Gasteiger partial charge in [-0.25, -0.2) is 15.0 Å². The minimum Gasteiger partial charge on any atom is -0.481 e. The van der Waals surface area contributed by atoms with Gasteiger partial charge in [0.25, 0.3) is 0 Å². The van der Waals surface area contributed by atoms with Crippen LogP contribution in [-0.4, -0.2) is 49.1 Å². The van der Waals surface area contributed by atoms with E-state index < -0.39 is 24.2 Å². The lowest BCUT2D eigenvalue weighted by Crippen LogP contribution is -2.35. The number of nitrogens with zero attached hydrogens (tertiary/aromatic N) is 5. The molecule has 6 rings (SSSR count). The van der Waals surface area contributed by atoms with Gasteiger partial charge in [-0.15, -0.1) is 0 Å². The molecule has 43 heavy (non-hydrogen) atoms. The van der Waals surface area contributed by atoms with Crippen LogP contribution in [0.3, 0.4) is 0 Å². The van der Waals surface area contributed by atoms with E-state index in [1.54, 1.807) is 43.3 Å². The SMILES string of the molecule is CC(=O)N1c2cccc(OC(F)F)c2[C@H]2C[C@@H]1c1nc3ccc(-c4cnc(C(C)(C)OC(=O)CCC(=O)O)nc4)cc3n12. The first kappa shape index (κ1) is 28.2. The second-order valence-corrected chi connectivity index (χ2v) is 10.9. The highest BCUT2D eigenvalue weighted by atomic mass is 19.3. The number of anilines is 1. The predicted molar refractivity (Wildman–Crippen MR) is 148 cm³/mol. The number of hydrogen-bond acceptors (Lipinski definition) is 8. The van der Waals surface area contributed by atoms with Crippen LogP contribution in [0.4, 0.5) is 14.5 Å². The molecule has 13 heteroatoms. The molecule has 2 atom stereocenters. The Hall–Kier alpha value is -4.94. The van der Waals surface area contributed by atoms with Gasteiger partial charge in [0.05, 0.1) is 41.6 Å². The van der Waals surface area contributed by atoms with Crippen molar-refractivity contribution in [1.82, 2.24) is 19.5 Å². The fourth-order valence-electron chi connectivity index (χ4n) is 5.96. The maximum absolute atomic E-state index is 13.4. The number of alkyl halides is 2. The number of aromatic nitrogens is 4. The molecule has 2 aromatic carbocycles. The average Bonchev–Trinajstić information content (AvgIpc) is 3.47. The minimum absolute atomic E-state index is 0.0170. The molecule has 0 radical (unpaired) electrons. The maximum Gasteiger partial charge on any atom is 0.387 e. The Morgan fingerprint density at radius 1 is 1.07 bits per heavy atom. The van der Waals surface area contributed by atoms with Crippen LogP contribution in [0.1, 0.15) is 69.3 Å². The molecule has 0 spiro atoms. The van der Waals surface area contributed by atoms with Crippen molar-refractivity contribution in [3.8, 4) is 16.9 Å². The molecule has 2 aliphatic heterocycles. The molecule has 2 aliphatic rings. The number of fused-ring (bicyclic) bond motifs is 9. The fraction of sp³-hybridized carbons (Fsp3) is 0.333. The summed E-state index contributed by atoms with van der Waals surface area (Å²) in [5.74, 6) is -1.08. The van der Waals surface area contributed by atoms with Crippen molar-refractivity contribution in [1.29, 1.82) is 0 Å². The number of rotatable bonds is 8. The molecule has 2 bridgehead atoms. The summed E-state index contributed by atoms with van der Waals surface area (Å²) in [5, 5.41) is 8.80. The number of amides is 1. The largest absolute Gasteiger partial charge is 0.481 e. The zero-order chi connectivity index (χ0) is 30.6. The molecular formula is C30H27F2N5O6. The van der Waals surface area contributed by atoms with Crippen molar-refractivity contribution in [2.75, 3.05) is 4.90 Å². The Labute approximate surface area is 244 Å². The standard InChI is InChI=1S/C30H27F2N5O6/c1-15(38)36-19-5-4-6-23(42-29(31)32)26(19)21-12-22(36)27-35-18-8-7-16(11-20(18)37(21)27)17-13-33-28(34-14-17)30(2,3)43-25(41)10-9-24(39)40/h4-8,11,13-14,21-22,29H,9-10,12H2,1-3H3,(H,39,40)/t21-,22-/m1/s1. The van der Waals surface area contributed by atoms with Crippen LogP contribution < -0.4 is 9.64 Å². The monoisotopic (exact) mass is 591 g/mol. The molecule has 0 saturated carbocycles. The first-order valence-corrected chi connectivity index (χ1v) is 13.6. The van der Waals surface area contributed by atoms with Crippen LogP contribution in [0.25, 0.3) is 22.2 Å². The van der Waals surface area contributed by atoms with Gasteiger partial charge < -0.3 is 24.0 Å². The van der Waals surface area contributed by atoms with E-state index in [1.807, 2.05) is 22.8 Å². The van der Waals surface area contributed by atoms with E-state index in [-0.39, 0.29) is 42.4 Å². The smallest absolute Gasteiger partial charge is 0.387 e. The van der Waals surface area contributed by atoms with E-state index in [0.717, 1.165) is 11.1 Å². The second-order valence-electron chi connectivity index (χ2n) is 10.9. The van der Waals surface area contributed by atoms with E-state index in [0.29, 0.717) is 34.6 Å². The molecule has 0 fully saturated rings. The molecule has 222 valence electrons. The summed E-state index contributed by atoms with van der Waals surface area (Å²) in [6, 6.07) is 9.68. The summed E-state index contributed by atoms with van der Waals surface area (Å²) in [4.78, 5) is 50.9. The Bertz CT molecular complexity index is 1770. The normalized spacial score (nSPS) is 17.1. The second kappa shape index (κ2) is 10.4. The van der Waals surface area contributed by atoms with Gasteiger partial charge in [-0.1, -0.05) is 12.1 Å². The van der Waals surface area contributed by atoms with Gasteiger partial charge >= 0.3 is 18.6 Å². The third-order valence-electron chi connectivity index (χ3n) is 7.71. The molecule has 4 aromatic rings. The molecule has 1 amide bonds. The Kier molecular flexibility index (Phi) is 6.82. The van der Waals surface area contributed by atoms with E-state index >= 15 is 0 Å². The Morgan fingerprint density at radius 2 is 1.81 bits per heavy atom. The number of imidazole rings is 1. The molecule has 0 unspecified atom stereocenters. The van der Waals surface area contributed by atoms with Crippen molar-refractivity contribution >= 4 is 34.6 Å². The van der Waals surface area contributed by atoms with Gasteiger partial charge in [0.15, 0.2) is 11.4 Å². The van der Waals surface area contributed by atoms with Crippen LogP contribution >= 0.6 is 0 Å². The lowest BCUT2D eigenvalue weighted by Gasteiger charge is -2.34. The summed E-state index contributed by atoms with van der Waals surface area (Å²) >= 11 is 0. The van der Waals surface area contributed by atoms with Crippen LogP contribution in [0.15, 0.2) is 48.8 Å². The first-order valence-electron chi connectivity index (χ1n) is 13.6. The molecule has 4 heterocycles. The fourth-order valence-corrected chi connectivity index (χ4v) is 5.96. The quantitative estimate of drug-likeness (QED) is 0.276. The highest BCUT2D eigenvalue weighted by molar-refractivity contribution is 5.95. The van der Waals surface area contributed by atoms with Crippen molar-refractivity contribution in [2.45, 2.75) is 64.3 Å². The summed E-state index contributed by atoms with van der Waals surface area (Å²) < 4.78 is 39.0. The van der Waals surface area contributed by atoms with Crippen LogP contribution in [0, 0.1) is 0 Å². The first-order chi connectivity index (χ1) is 20.4. The number of carboxylic acid groups (broad SMARTS) is 1. The average molecular weight is 592 g/mol. The number of carbonyl (C=O) groups is 3. The number of carboxylic acids is 1. The number of halogens is 2. The Morgan fingerprint density at radius 3 is 2.49 bits per heavy atom. The van der Waals surface area contributed by atoms with Gasteiger partial charge in [0.1, 0.15) is 11.6 Å². The summed E-state index contributed by atoms with van der Waals surface area (Å²) in [7, 11) is 0. The summed E-state index contributed by atoms with van der Waals surface area (Å²) in [6.45, 7) is 1.65. The summed E-state index contributed by atoms with van der Waals surface area (Å²) in [5.41, 5.74) is 2.71. The molecule has 11 nitrogen and oxygen atoms in total. The van der Waals surface area contributed by atoms with Crippen molar-refractivity contribution < 1.29 is 37.7 Å². The summed E-state index contributed by atoms with van der Waals surface area (Å²) in [6.07, 6.45) is 3.06. The molecular weight excluding hydrogens is 564 g/mol. The highest BCUT2D eigenvalue weighted by Crippen LogP contribution is 2.55. The molecule has 2 aromatic heterocycles. The minimum atomic E-state index is -3.02. The van der Waals surface area contributed by atoms with Crippen LogP contribution in [-0.2, 0) is 24.7 Å². The lowest BCUT2D eigenvalue weighted by atomic mass is 9.93. The van der Waals surface area contributed by atoms with Gasteiger partial charge in [-0.2, -0.15) is 8.78 Å². The van der Waals surface area contributed by atoms with Crippen molar-refractivity contribution in [2.24, 2.45) is 0 Å². The third kappa shape index (κ3) is 4.94. The molecule has 0 aliphatic carbocycles. The Balaban J connectivity index is 1.36. The third-order valence-corrected chi connectivity index (χ3v) is 7.71. The van der Waals surface area contributed by atoms with Gasteiger partial charge in [0, 0.05) is 36.9 Å². The van der Waals surface area contributed by atoms with Crippen molar-refractivity contribution in [3.63, 3.8) is 0 Å². The highest BCUT2D eigenvalue weighted by Gasteiger charge is 2.47. The van der Waals surface area contributed by atoms with Gasteiger partial charge in [0.2, 0.25) is 5.91 Å². The lowest BCUT2D eigenvalue weighted by molar-refractivity contribution is -0.160. The van der Waals surface area contributed by atoms with Crippen molar-refractivity contribution in [3.05, 3.63) is 66.0 Å². The number of esters is 1. The number of benzene rings is 2. The van der Waals surface area contributed by atoms with E-state index in [9.17, 15) is 23.2 Å². The predicted octanol–water partition coefficient (Wildman–Crippen LogP) is 5.14.